The number of amides is 1. The average molecular weight is 350 g/mol. The van der Waals surface area contributed by atoms with Gasteiger partial charge in [-0.15, -0.1) is 0 Å². The van der Waals surface area contributed by atoms with Crippen molar-refractivity contribution < 1.29 is 14.5 Å². The van der Waals surface area contributed by atoms with Crippen LogP contribution in [0.2, 0.25) is 5.02 Å². The first-order valence-electron chi connectivity index (χ1n) is 7.14. The van der Waals surface area contributed by atoms with Gasteiger partial charge in [0.1, 0.15) is 12.4 Å². The zero-order chi connectivity index (χ0) is 17.5. The van der Waals surface area contributed by atoms with Crippen molar-refractivity contribution in [1.29, 1.82) is 0 Å². The summed E-state index contributed by atoms with van der Waals surface area (Å²) < 4.78 is 5.47. The largest absolute Gasteiger partial charge is 0.492 e. The van der Waals surface area contributed by atoms with Crippen molar-refractivity contribution >= 4 is 28.9 Å². The number of carbonyl (C=O) groups excluding carboxylic acids is 1. The molecule has 0 spiro atoms. The van der Waals surface area contributed by atoms with Crippen molar-refractivity contribution in [2.24, 2.45) is 0 Å². The van der Waals surface area contributed by atoms with Crippen LogP contribution in [0.1, 0.15) is 10.4 Å². The van der Waals surface area contributed by atoms with Gasteiger partial charge in [0.15, 0.2) is 0 Å². The number of non-ortho nitro benzene ring substituents is 1. The second-order valence-corrected chi connectivity index (χ2v) is 5.23. The number of nitro groups is 1. The molecule has 0 saturated heterocycles. The third-order valence-corrected chi connectivity index (χ3v) is 3.45. The van der Waals surface area contributed by atoms with Crippen molar-refractivity contribution in [3.63, 3.8) is 0 Å². The highest BCUT2D eigenvalue weighted by molar-refractivity contribution is 6.30. The molecule has 0 aromatic heterocycles. The van der Waals surface area contributed by atoms with Crippen LogP contribution in [0.3, 0.4) is 0 Å². The first-order chi connectivity index (χ1) is 11.5. The molecule has 2 aromatic carbocycles. The number of benzene rings is 2. The predicted octanol–water partition coefficient (Wildman–Crippen LogP) is 3.10. The molecule has 0 heterocycles. The summed E-state index contributed by atoms with van der Waals surface area (Å²) in [5.41, 5.74) is 0.575. The molecule has 0 unspecified atom stereocenters. The van der Waals surface area contributed by atoms with E-state index in [-0.39, 0.29) is 24.4 Å². The number of nitrogens with zero attached hydrogens (tertiary/aromatic N) is 1. The molecule has 1 amide bonds. The van der Waals surface area contributed by atoms with E-state index >= 15 is 0 Å². The molecular formula is C16H16ClN3O4. The molecule has 0 aliphatic rings. The molecule has 0 fully saturated rings. The van der Waals surface area contributed by atoms with Crippen LogP contribution in [-0.4, -0.2) is 31.0 Å². The summed E-state index contributed by atoms with van der Waals surface area (Å²) in [6.07, 6.45) is 0. The Labute approximate surface area is 143 Å². The summed E-state index contributed by atoms with van der Waals surface area (Å²) in [6, 6.07) is 10.9. The van der Waals surface area contributed by atoms with Gasteiger partial charge in [-0.3, -0.25) is 14.9 Å². The number of nitrogens with one attached hydrogen (secondary N) is 2. The lowest BCUT2D eigenvalue weighted by Crippen LogP contribution is -2.28. The van der Waals surface area contributed by atoms with Gasteiger partial charge in [-0.05, 0) is 30.3 Å². The Bertz CT molecular complexity index is 735. The third kappa shape index (κ3) is 4.60. The molecule has 8 heteroatoms. The molecule has 24 heavy (non-hydrogen) atoms. The second-order valence-electron chi connectivity index (χ2n) is 4.80. The normalized spacial score (nSPS) is 10.1. The van der Waals surface area contributed by atoms with Gasteiger partial charge in [-0.25, -0.2) is 0 Å². The van der Waals surface area contributed by atoms with Gasteiger partial charge in [0, 0.05) is 29.9 Å². The van der Waals surface area contributed by atoms with Crippen LogP contribution in [0.25, 0.3) is 0 Å². The van der Waals surface area contributed by atoms with E-state index in [1.165, 1.54) is 18.2 Å². The summed E-state index contributed by atoms with van der Waals surface area (Å²) in [6.45, 7) is 0.518. The van der Waals surface area contributed by atoms with E-state index in [1.807, 2.05) is 0 Å². The Morgan fingerprint density at radius 2 is 1.96 bits per heavy atom. The van der Waals surface area contributed by atoms with Crippen LogP contribution < -0.4 is 15.4 Å². The Morgan fingerprint density at radius 1 is 1.25 bits per heavy atom. The fourth-order valence-electron chi connectivity index (χ4n) is 2.01. The molecule has 126 valence electrons. The molecule has 0 aliphatic heterocycles. The molecule has 2 N–H and O–H groups in total. The van der Waals surface area contributed by atoms with Crippen molar-refractivity contribution in [3.8, 4) is 5.75 Å². The van der Waals surface area contributed by atoms with E-state index in [1.54, 1.807) is 31.3 Å². The zero-order valence-corrected chi connectivity index (χ0v) is 13.7. The van der Waals surface area contributed by atoms with Gasteiger partial charge >= 0.3 is 0 Å². The summed E-state index contributed by atoms with van der Waals surface area (Å²) in [4.78, 5) is 22.5. The summed E-state index contributed by atoms with van der Waals surface area (Å²) in [7, 11) is 1.64. The van der Waals surface area contributed by atoms with E-state index < -0.39 is 10.8 Å². The number of nitro benzene ring substituents is 1. The highest BCUT2D eigenvalue weighted by Crippen LogP contribution is 2.21. The van der Waals surface area contributed by atoms with E-state index in [0.29, 0.717) is 16.5 Å². The lowest BCUT2D eigenvalue weighted by Gasteiger charge is -2.10. The van der Waals surface area contributed by atoms with Crippen LogP contribution in [0.15, 0.2) is 42.5 Å². The lowest BCUT2D eigenvalue weighted by molar-refractivity contribution is -0.384. The van der Waals surface area contributed by atoms with Crippen LogP contribution in [-0.2, 0) is 0 Å². The van der Waals surface area contributed by atoms with Crippen LogP contribution in [0, 0.1) is 10.1 Å². The molecule has 0 radical (unpaired) electrons. The zero-order valence-electron chi connectivity index (χ0n) is 12.9. The van der Waals surface area contributed by atoms with Gasteiger partial charge in [-0.1, -0.05) is 11.6 Å². The third-order valence-electron chi connectivity index (χ3n) is 3.20. The molecule has 0 bridgehead atoms. The molecule has 0 atom stereocenters. The molecule has 2 aromatic rings. The fraction of sp³-hybridized carbons (Fsp3) is 0.188. The number of carbonyl (C=O) groups is 1. The number of halogens is 1. The lowest BCUT2D eigenvalue weighted by atomic mass is 10.1. The fourth-order valence-corrected chi connectivity index (χ4v) is 2.14. The Hall–Kier alpha value is -2.80. The predicted molar refractivity (Wildman–Crippen MR) is 91.9 cm³/mol. The highest BCUT2D eigenvalue weighted by atomic mass is 35.5. The second kappa shape index (κ2) is 8.16. The van der Waals surface area contributed by atoms with Crippen LogP contribution in [0.5, 0.6) is 5.75 Å². The molecular weight excluding hydrogens is 334 g/mol. The van der Waals surface area contributed by atoms with Gasteiger partial charge in [0.05, 0.1) is 17.0 Å². The summed E-state index contributed by atoms with van der Waals surface area (Å²) >= 11 is 5.78. The van der Waals surface area contributed by atoms with Crippen molar-refractivity contribution in [2.75, 3.05) is 25.5 Å². The number of anilines is 1. The highest BCUT2D eigenvalue weighted by Gasteiger charge is 2.15. The maximum Gasteiger partial charge on any atom is 0.270 e. The maximum absolute atomic E-state index is 12.2. The first kappa shape index (κ1) is 17.6. The standard InChI is InChI=1S/C16H16ClN3O4/c1-18-15-7-4-12(20(22)23)10-14(15)16(21)19-8-9-24-13-5-2-11(17)3-6-13/h2-7,10,18H,8-9H2,1H3,(H,19,21). The van der Waals surface area contributed by atoms with Crippen molar-refractivity contribution in [3.05, 3.63) is 63.2 Å². The molecule has 0 aliphatic carbocycles. The molecule has 0 saturated carbocycles. The number of ether oxygens (including phenoxy) is 1. The SMILES string of the molecule is CNc1ccc([N+](=O)[O-])cc1C(=O)NCCOc1ccc(Cl)cc1. The van der Waals surface area contributed by atoms with Crippen LogP contribution in [0.4, 0.5) is 11.4 Å². The Balaban J connectivity index is 1.93. The first-order valence-corrected chi connectivity index (χ1v) is 7.52. The maximum atomic E-state index is 12.2. The minimum absolute atomic E-state index is 0.142. The van der Waals surface area contributed by atoms with E-state index in [4.69, 9.17) is 16.3 Å². The summed E-state index contributed by atoms with van der Waals surface area (Å²) in [5.74, 6) is 0.225. The number of rotatable bonds is 7. The van der Waals surface area contributed by atoms with Gasteiger partial charge in [0.2, 0.25) is 0 Å². The van der Waals surface area contributed by atoms with E-state index in [2.05, 4.69) is 10.6 Å². The van der Waals surface area contributed by atoms with Gasteiger partial charge in [0.25, 0.3) is 11.6 Å². The number of hydrogen-bond donors (Lipinski definition) is 2. The van der Waals surface area contributed by atoms with Gasteiger partial charge < -0.3 is 15.4 Å². The Kier molecular flexibility index (Phi) is 5.97. The molecule has 7 nitrogen and oxygen atoms in total. The minimum Gasteiger partial charge on any atom is -0.492 e. The monoisotopic (exact) mass is 349 g/mol. The van der Waals surface area contributed by atoms with Crippen molar-refractivity contribution in [1.82, 2.24) is 5.32 Å². The summed E-state index contributed by atoms with van der Waals surface area (Å²) in [5, 5.41) is 17.0. The van der Waals surface area contributed by atoms with Crippen molar-refractivity contribution in [2.45, 2.75) is 0 Å². The molecule has 2 rings (SSSR count). The van der Waals surface area contributed by atoms with E-state index in [9.17, 15) is 14.9 Å². The topological polar surface area (TPSA) is 93.5 Å². The quantitative estimate of drug-likeness (QED) is 0.455. The minimum atomic E-state index is -0.542. The van der Waals surface area contributed by atoms with Gasteiger partial charge in [-0.2, -0.15) is 0 Å². The van der Waals surface area contributed by atoms with Crippen LogP contribution >= 0.6 is 11.6 Å². The smallest absolute Gasteiger partial charge is 0.270 e. The Morgan fingerprint density at radius 3 is 2.58 bits per heavy atom. The average Bonchev–Trinajstić information content (AvgIpc) is 2.59. The number of hydrogen-bond acceptors (Lipinski definition) is 5. The van der Waals surface area contributed by atoms with E-state index in [0.717, 1.165) is 0 Å².